The molecule has 0 radical (unpaired) electrons. The first-order valence-electron chi connectivity index (χ1n) is 12.3. The smallest absolute Gasteiger partial charge is 0.270 e. The van der Waals surface area contributed by atoms with E-state index in [0.29, 0.717) is 5.69 Å². The average molecular weight is 488 g/mol. The first kappa shape index (κ1) is 24.1. The molecule has 0 fully saturated rings. The Morgan fingerprint density at radius 3 is 1.97 bits per heavy atom. The third kappa shape index (κ3) is 5.16. The van der Waals surface area contributed by atoms with Crippen LogP contribution < -0.4 is 10.1 Å². The normalized spacial score (nSPS) is 10.9. The van der Waals surface area contributed by atoms with E-state index in [2.05, 4.69) is 31.3 Å². The zero-order chi connectivity index (χ0) is 25.8. The van der Waals surface area contributed by atoms with Gasteiger partial charge in [-0.1, -0.05) is 72.8 Å². The van der Waals surface area contributed by atoms with Gasteiger partial charge in [-0.05, 0) is 72.5 Å². The summed E-state index contributed by atoms with van der Waals surface area (Å²) in [6.07, 6.45) is 0. The molecule has 5 rings (SSSR count). The zero-order valence-corrected chi connectivity index (χ0v) is 21.2. The number of aryl methyl sites for hydroxylation is 2. The van der Waals surface area contributed by atoms with Crippen LogP contribution in [-0.2, 0) is 0 Å². The highest BCUT2D eigenvalue weighted by molar-refractivity contribution is 5.95. The van der Waals surface area contributed by atoms with Gasteiger partial charge in [0.2, 0.25) is 0 Å². The monoisotopic (exact) mass is 487 g/mol. The molecule has 0 aliphatic heterocycles. The van der Waals surface area contributed by atoms with Crippen LogP contribution >= 0.6 is 0 Å². The topological polar surface area (TPSA) is 56.2 Å². The number of benzene rings is 4. The van der Waals surface area contributed by atoms with Gasteiger partial charge in [-0.15, -0.1) is 0 Å². The van der Waals surface area contributed by atoms with Crippen LogP contribution in [0, 0.1) is 13.8 Å². The summed E-state index contributed by atoms with van der Waals surface area (Å²) in [6.45, 7) is 4.17. The number of ether oxygens (including phenoxy) is 1. The highest BCUT2D eigenvalue weighted by atomic mass is 16.5. The molecule has 0 saturated carbocycles. The molecule has 5 aromatic rings. The molecule has 1 heterocycles. The Kier molecular flexibility index (Phi) is 6.86. The molecule has 1 aromatic heterocycles. The number of methoxy groups -OCH3 is 1. The highest BCUT2D eigenvalue weighted by Crippen LogP contribution is 2.27. The van der Waals surface area contributed by atoms with Crippen LogP contribution in [0.15, 0.2) is 109 Å². The minimum atomic E-state index is -0.306. The lowest BCUT2D eigenvalue weighted by Gasteiger charge is -2.20. The minimum Gasteiger partial charge on any atom is -0.497 e. The van der Waals surface area contributed by atoms with Gasteiger partial charge in [0.15, 0.2) is 0 Å². The van der Waals surface area contributed by atoms with Crippen molar-refractivity contribution in [3.05, 3.63) is 137 Å². The van der Waals surface area contributed by atoms with E-state index in [-0.39, 0.29) is 11.9 Å². The Morgan fingerprint density at radius 1 is 0.784 bits per heavy atom. The second-order valence-corrected chi connectivity index (χ2v) is 9.05. The quantitative estimate of drug-likeness (QED) is 0.278. The predicted molar refractivity (Wildman–Crippen MR) is 147 cm³/mol. The van der Waals surface area contributed by atoms with Crippen molar-refractivity contribution in [1.29, 1.82) is 0 Å². The van der Waals surface area contributed by atoms with Crippen molar-refractivity contribution < 1.29 is 9.53 Å². The van der Waals surface area contributed by atoms with Gasteiger partial charge < -0.3 is 10.1 Å². The first-order chi connectivity index (χ1) is 18.0. The molecule has 184 valence electrons. The second-order valence-electron chi connectivity index (χ2n) is 9.05. The van der Waals surface area contributed by atoms with Gasteiger partial charge in [0.05, 0.1) is 24.5 Å². The number of nitrogens with one attached hydrogen (secondary N) is 1. The van der Waals surface area contributed by atoms with E-state index in [1.165, 1.54) is 11.1 Å². The molecule has 0 atom stereocenters. The Hall–Kier alpha value is -4.64. The zero-order valence-electron chi connectivity index (χ0n) is 21.2. The Morgan fingerprint density at radius 2 is 1.41 bits per heavy atom. The molecule has 4 aromatic carbocycles. The fraction of sp³-hybridized carbons (Fsp3) is 0.125. The summed E-state index contributed by atoms with van der Waals surface area (Å²) in [5.41, 5.74) is 7.33. The maximum atomic E-state index is 13.9. The molecule has 0 aliphatic rings. The van der Waals surface area contributed by atoms with Crippen molar-refractivity contribution in [2.75, 3.05) is 7.11 Å². The maximum absolute atomic E-state index is 13.9. The van der Waals surface area contributed by atoms with E-state index < -0.39 is 0 Å². The fourth-order valence-corrected chi connectivity index (χ4v) is 4.36. The molecule has 0 unspecified atom stereocenters. The number of rotatable bonds is 7. The SMILES string of the molecule is COc1ccc(-n2nc(-c3ccc(C)c(C)c3)cc2C(=O)NC(c2ccccc2)c2ccccc2)cc1. The third-order valence-electron chi connectivity index (χ3n) is 6.60. The second kappa shape index (κ2) is 10.5. The summed E-state index contributed by atoms with van der Waals surface area (Å²) in [6, 6.07) is 35.3. The van der Waals surface area contributed by atoms with Gasteiger partial charge in [0, 0.05) is 5.56 Å². The van der Waals surface area contributed by atoms with Crippen molar-refractivity contribution in [2.24, 2.45) is 0 Å². The predicted octanol–water partition coefficient (Wildman–Crippen LogP) is 6.68. The highest BCUT2D eigenvalue weighted by Gasteiger charge is 2.23. The summed E-state index contributed by atoms with van der Waals surface area (Å²) >= 11 is 0. The van der Waals surface area contributed by atoms with Crippen LogP contribution in [0.25, 0.3) is 16.9 Å². The molecule has 1 N–H and O–H groups in total. The summed E-state index contributed by atoms with van der Waals surface area (Å²) < 4.78 is 7.02. The third-order valence-corrected chi connectivity index (χ3v) is 6.60. The van der Waals surface area contributed by atoms with Crippen LogP contribution in [0.1, 0.15) is 38.8 Å². The summed E-state index contributed by atoms with van der Waals surface area (Å²) in [4.78, 5) is 13.9. The van der Waals surface area contributed by atoms with Crippen LogP contribution in [0.4, 0.5) is 0 Å². The number of hydrogen-bond donors (Lipinski definition) is 1. The van der Waals surface area contributed by atoms with Crippen LogP contribution in [0.3, 0.4) is 0 Å². The largest absolute Gasteiger partial charge is 0.497 e. The fourth-order valence-electron chi connectivity index (χ4n) is 4.36. The molecule has 1 amide bonds. The molecular formula is C32H29N3O2. The molecule has 5 heteroatoms. The first-order valence-corrected chi connectivity index (χ1v) is 12.3. The van der Waals surface area contributed by atoms with Crippen molar-refractivity contribution in [2.45, 2.75) is 19.9 Å². The van der Waals surface area contributed by atoms with Gasteiger partial charge >= 0.3 is 0 Å². The van der Waals surface area contributed by atoms with E-state index in [9.17, 15) is 4.79 Å². The van der Waals surface area contributed by atoms with Gasteiger partial charge in [-0.25, -0.2) is 4.68 Å². The average Bonchev–Trinajstić information content (AvgIpc) is 3.40. The van der Waals surface area contributed by atoms with Crippen LogP contribution in [0.2, 0.25) is 0 Å². The molecular weight excluding hydrogens is 458 g/mol. The van der Waals surface area contributed by atoms with E-state index in [0.717, 1.165) is 33.8 Å². The lowest BCUT2D eigenvalue weighted by molar-refractivity contribution is 0.0935. The molecule has 0 spiro atoms. The van der Waals surface area contributed by atoms with Crippen molar-refractivity contribution >= 4 is 5.91 Å². The number of hydrogen-bond acceptors (Lipinski definition) is 3. The number of carbonyl (C=O) groups excluding carboxylic acids is 1. The molecule has 5 nitrogen and oxygen atoms in total. The van der Waals surface area contributed by atoms with Gasteiger partial charge in [-0.3, -0.25) is 4.79 Å². The van der Waals surface area contributed by atoms with Crippen LogP contribution in [-0.4, -0.2) is 22.8 Å². The molecule has 0 bridgehead atoms. The number of amides is 1. The van der Waals surface area contributed by atoms with E-state index in [1.54, 1.807) is 11.8 Å². The molecule has 0 aliphatic carbocycles. The van der Waals surface area contributed by atoms with Gasteiger partial charge in [0.1, 0.15) is 11.4 Å². The van der Waals surface area contributed by atoms with Crippen molar-refractivity contribution in [3.8, 4) is 22.7 Å². The molecule has 0 saturated heterocycles. The van der Waals surface area contributed by atoms with Gasteiger partial charge in [0.25, 0.3) is 5.91 Å². The lowest BCUT2D eigenvalue weighted by atomic mass is 9.98. The minimum absolute atomic E-state index is 0.212. The maximum Gasteiger partial charge on any atom is 0.270 e. The van der Waals surface area contributed by atoms with Crippen molar-refractivity contribution in [3.63, 3.8) is 0 Å². The van der Waals surface area contributed by atoms with E-state index >= 15 is 0 Å². The number of nitrogens with zero attached hydrogens (tertiary/aromatic N) is 2. The van der Waals surface area contributed by atoms with E-state index in [4.69, 9.17) is 9.84 Å². The number of carbonyl (C=O) groups is 1. The van der Waals surface area contributed by atoms with Crippen LogP contribution in [0.5, 0.6) is 5.75 Å². The lowest BCUT2D eigenvalue weighted by Crippen LogP contribution is -2.31. The van der Waals surface area contributed by atoms with E-state index in [1.807, 2.05) is 97.1 Å². The number of aromatic nitrogens is 2. The summed E-state index contributed by atoms with van der Waals surface area (Å²) in [5.74, 6) is 0.528. The summed E-state index contributed by atoms with van der Waals surface area (Å²) in [5, 5.41) is 8.13. The molecule has 37 heavy (non-hydrogen) atoms. The standard InChI is InChI=1S/C32H29N3O2/c1-22-14-15-26(20-23(22)2)29-21-30(35(34-29)27-16-18-28(37-3)19-17-27)32(36)33-31(24-10-6-4-7-11-24)25-12-8-5-9-13-25/h4-21,31H,1-3H3,(H,33,36). The Labute approximate surface area is 217 Å². The van der Waals surface area contributed by atoms with Gasteiger partial charge in [-0.2, -0.15) is 5.10 Å². The Balaban J connectivity index is 1.58. The van der Waals surface area contributed by atoms with Crippen molar-refractivity contribution in [1.82, 2.24) is 15.1 Å². The summed E-state index contributed by atoms with van der Waals surface area (Å²) in [7, 11) is 1.63. The Bertz CT molecular complexity index is 1470.